The Kier molecular flexibility index (Phi) is 24.7. The summed E-state index contributed by atoms with van der Waals surface area (Å²) in [7, 11) is 0. The van der Waals surface area contributed by atoms with Crippen LogP contribution >= 0.6 is 0 Å². The average molecular weight is 1100 g/mol. The van der Waals surface area contributed by atoms with E-state index in [1.54, 1.807) is 32.0 Å². The molecule has 78 heavy (non-hydrogen) atoms. The van der Waals surface area contributed by atoms with Crippen LogP contribution in [0.1, 0.15) is 64.5 Å². The fourth-order valence-electron chi connectivity index (χ4n) is 7.56. The van der Waals surface area contributed by atoms with Crippen molar-refractivity contribution < 1.29 is 93.1 Å². The lowest BCUT2D eigenvalue weighted by Gasteiger charge is -2.29. The van der Waals surface area contributed by atoms with E-state index in [1.165, 1.54) is 50.2 Å². The van der Waals surface area contributed by atoms with Crippen molar-refractivity contribution in [1.29, 1.82) is 0 Å². The number of aliphatic hydroxyl groups is 2. The van der Waals surface area contributed by atoms with E-state index in [0.29, 0.717) is 5.56 Å². The molecule has 2 aromatic rings. The Morgan fingerprint density at radius 1 is 0.513 bits per heavy atom. The van der Waals surface area contributed by atoms with Crippen LogP contribution in [0.15, 0.2) is 54.6 Å². The average Bonchev–Trinajstić information content (AvgIpc) is 3.36. The van der Waals surface area contributed by atoms with Crippen LogP contribution in [0.3, 0.4) is 0 Å². The first kappa shape index (κ1) is 63.7. The number of ketones is 2. The van der Waals surface area contributed by atoms with Gasteiger partial charge in [0.05, 0.1) is 44.6 Å². The molecular formula is C48H65N11O19. The molecule has 0 radical (unpaired) electrons. The highest BCUT2D eigenvalue weighted by atomic mass is 16.6. The number of aliphatic carboxylic acids is 2. The molecule has 2 aromatic carbocycles. The third kappa shape index (κ3) is 20.2. The fraction of sp³-hybridized carbons (Fsp3) is 0.479. The molecule has 0 aliphatic carbocycles. The normalized spacial score (nSPS) is 24.4. The highest BCUT2D eigenvalue weighted by Crippen LogP contribution is 2.15. The van der Waals surface area contributed by atoms with E-state index >= 15 is 0 Å². The second-order valence-electron chi connectivity index (χ2n) is 18.7. The third-order valence-corrected chi connectivity index (χ3v) is 11.6. The van der Waals surface area contributed by atoms with E-state index in [-0.39, 0.29) is 29.3 Å². The van der Waals surface area contributed by atoms with E-state index in [4.69, 9.17) is 5.73 Å². The van der Waals surface area contributed by atoms with Crippen molar-refractivity contribution in [3.63, 3.8) is 0 Å². The van der Waals surface area contributed by atoms with Crippen molar-refractivity contribution in [2.75, 3.05) is 13.2 Å². The number of nitrogens with one attached hydrogen (secondary N) is 9. The van der Waals surface area contributed by atoms with Crippen molar-refractivity contribution in [2.45, 2.75) is 121 Å². The van der Waals surface area contributed by atoms with Gasteiger partial charge in [-0.3, -0.25) is 62.7 Å². The molecule has 0 bridgehead atoms. The van der Waals surface area contributed by atoms with Gasteiger partial charge in [-0.05, 0) is 47.9 Å². The number of hydroxylamine groups is 1. The highest BCUT2D eigenvalue weighted by molar-refractivity contribution is 6.41. The van der Waals surface area contributed by atoms with Crippen molar-refractivity contribution in [1.82, 2.24) is 53.1 Å². The molecule has 30 heteroatoms. The molecule has 4 unspecified atom stereocenters. The summed E-state index contributed by atoms with van der Waals surface area (Å²) in [5, 5.41) is 77.6. The largest absolute Gasteiger partial charge is 0.508 e. The first-order chi connectivity index (χ1) is 36.6. The van der Waals surface area contributed by atoms with Crippen molar-refractivity contribution in [3.05, 3.63) is 65.7 Å². The van der Waals surface area contributed by atoms with Crippen LogP contribution in [0.4, 0.5) is 4.79 Å². The summed E-state index contributed by atoms with van der Waals surface area (Å²) in [6.07, 6.45) is -4.58. The van der Waals surface area contributed by atoms with Gasteiger partial charge >= 0.3 is 18.0 Å². The summed E-state index contributed by atoms with van der Waals surface area (Å²) in [4.78, 5) is 175. The van der Waals surface area contributed by atoms with Gasteiger partial charge in [0.25, 0.3) is 0 Å². The summed E-state index contributed by atoms with van der Waals surface area (Å²) >= 11 is 0. The lowest BCUT2D eigenvalue weighted by atomic mass is 9.90. The van der Waals surface area contributed by atoms with Gasteiger partial charge in [-0.1, -0.05) is 70.2 Å². The smallest absolute Gasteiger partial charge is 0.357 e. The minimum absolute atomic E-state index is 0.195. The number of carbonyl (C=O) groups is 13. The van der Waals surface area contributed by atoms with Crippen LogP contribution in [-0.2, 0) is 70.4 Å². The number of carboxylic acid groups (broad SMARTS) is 2. The zero-order valence-electron chi connectivity index (χ0n) is 42.7. The number of amides is 10. The Hall–Kier alpha value is -8.61. The van der Waals surface area contributed by atoms with Crippen LogP contribution in [0.25, 0.3) is 0 Å². The molecule has 0 aromatic heterocycles. The molecule has 1 heterocycles. The minimum atomic E-state index is -2.20. The number of nitrogens with two attached hydrogens (primary N) is 1. The summed E-state index contributed by atoms with van der Waals surface area (Å²) < 4.78 is 0. The quantitative estimate of drug-likeness (QED) is 0.0586. The van der Waals surface area contributed by atoms with Crippen LogP contribution in [0.2, 0.25) is 0 Å². The van der Waals surface area contributed by atoms with Gasteiger partial charge in [-0.15, -0.1) is 5.17 Å². The standard InChI is InChI=1S/C48H65N11O19/c1-22(2)14-27-39(68)40(69)38(23(3)4)57-44(73)29(17-35(49)63)51-46(75)33(20-60)55-47(76)34(21-61)54-43(72)31(19-37(66)67)53-42(71)30(18-36(64)65)52-41(70)28(15-24-8-6-5-7-9-24)50-45(74)32(58-59(78)48(77)56-27)16-25-10-12-26(62)13-11-25/h5-13,22-23,27-34,38,58,60-62,78H,14-21H2,1-4H3,(H2,49,63)(H,50,74)(H,51,75)(H,52,70)(H,53,71)(H,54,72)(H,55,76)(H,56,77)(H,57,73)(H,64,65)(H,66,67)/t27-,28-,29?,30?,31-,32?,33-,34?,38-/m0/s1. The SMILES string of the molecule is CC(C)C[C@@H]1NC(=O)N(O)NC(Cc2ccc(O)cc2)C(=O)N[C@@H](Cc2ccccc2)C(=O)NC(CC(=O)O)C(=O)N[C@@H](CC(=O)O)C(=O)NC(CO)C(=O)N[C@@H](CO)C(=O)NC(CC(N)=O)C(=O)N[C@@H](C(C)C)C(=O)C1=O. The Morgan fingerprint density at radius 2 is 0.910 bits per heavy atom. The first-order valence-electron chi connectivity index (χ1n) is 24.2. The number of nitrogens with zero attached hydrogens (tertiary/aromatic N) is 1. The van der Waals surface area contributed by atoms with E-state index < -0.39 is 182 Å². The molecule has 1 fully saturated rings. The Balaban J connectivity index is 2.24. The van der Waals surface area contributed by atoms with Crippen molar-refractivity contribution >= 4 is 76.8 Å². The van der Waals surface area contributed by atoms with Crippen molar-refractivity contribution in [3.8, 4) is 5.75 Å². The van der Waals surface area contributed by atoms with Gasteiger partial charge in [0.2, 0.25) is 58.8 Å². The Labute approximate surface area is 444 Å². The molecule has 3 rings (SSSR count). The molecular weight excluding hydrogens is 1030 g/mol. The summed E-state index contributed by atoms with van der Waals surface area (Å²) in [6, 6.07) is -6.07. The predicted octanol–water partition coefficient (Wildman–Crippen LogP) is -5.12. The Bertz CT molecular complexity index is 2530. The van der Waals surface area contributed by atoms with E-state index in [1.807, 2.05) is 16.0 Å². The number of phenolic OH excluding ortho intramolecular Hbond substituents is 1. The van der Waals surface area contributed by atoms with Crippen LogP contribution in [-0.4, -0.2) is 180 Å². The minimum Gasteiger partial charge on any atom is -0.508 e. The molecule has 10 amide bonds. The number of aliphatic hydroxyl groups excluding tert-OH is 2. The number of carboxylic acids is 2. The highest BCUT2D eigenvalue weighted by Gasteiger charge is 2.40. The molecule has 17 N–H and O–H groups in total. The molecule has 9 atom stereocenters. The van der Waals surface area contributed by atoms with Crippen LogP contribution in [0, 0.1) is 11.8 Å². The van der Waals surface area contributed by atoms with Gasteiger partial charge in [0, 0.05) is 6.42 Å². The number of aromatic hydroxyl groups is 1. The number of phenols is 1. The second-order valence-corrected chi connectivity index (χ2v) is 18.7. The van der Waals surface area contributed by atoms with Gasteiger partial charge < -0.3 is 73.8 Å². The molecule has 1 aliphatic rings. The summed E-state index contributed by atoms with van der Waals surface area (Å²) in [6.45, 7) is 3.44. The summed E-state index contributed by atoms with van der Waals surface area (Å²) in [5.41, 5.74) is 8.24. The van der Waals surface area contributed by atoms with Crippen LogP contribution in [0.5, 0.6) is 5.75 Å². The van der Waals surface area contributed by atoms with Gasteiger partial charge in [0.15, 0.2) is 0 Å². The monoisotopic (exact) mass is 1100 g/mol. The number of hydrogen-bond donors (Lipinski definition) is 16. The maximum Gasteiger partial charge on any atom is 0.357 e. The number of urea groups is 1. The van der Waals surface area contributed by atoms with Gasteiger partial charge in [-0.25, -0.2) is 4.79 Å². The molecule has 30 nitrogen and oxygen atoms in total. The van der Waals surface area contributed by atoms with Gasteiger partial charge in [-0.2, -0.15) is 5.43 Å². The number of primary amides is 1. The maximum atomic E-state index is 14.4. The molecule has 1 aliphatic heterocycles. The number of benzene rings is 2. The molecule has 0 spiro atoms. The Morgan fingerprint density at radius 3 is 1.36 bits per heavy atom. The predicted molar refractivity (Wildman–Crippen MR) is 265 cm³/mol. The number of Topliss-reactive ketones (excluding diaryl/α,β-unsaturated/α-hetero) is 2. The number of carbonyl (C=O) groups excluding carboxylic acids is 11. The van der Waals surface area contributed by atoms with Crippen molar-refractivity contribution in [2.24, 2.45) is 17.6 Å². The maximum absolute atomic E-state index is 14.4. The van der Waals surface area contributed by atoms with E-state index in [2.05, 4.69) is 32.0 Å². The van der Waals surface area contributed by atoms with Gasteiger partial charge in [0.1, 0.15) is 48.0 Å². The molecule has 0 saturated carbocycles. The third-order valence-electron chi connectivity index (χ3n) is 11.6. The molecule has 1 saturated heterocycles. The first-order valence-corrected chi connectivity index (χ1v) is 24.2. The topological polar surface area (TPSA) is 481 Å². The second kappa shape index (κ2) is 30.2. The fourth-order valence-corrected chi connectivity index (χ4v) is 7.56. The van der Waals surface area contributed by atoms with Crippen LogP contribution < -0.4 is 53.7 Å². The van der Waals surface area contributed by atoms with E-state index in [0.717, 1.165) is 0 Å². The number of rotatable bonds is 15. The number of hydrazine groups is 1. The van der Waals surface area contributed by atoms with E-state index in [9.17, 15) is 93.1 Å². The number of hydrogen-bond acceptors (Lipinski definition) is 18. The zero-order valence-corrected chi connectivity index (χ0v) is 42.7. The molecule has 426 valence electrons. The zero-order chi connectivity index (χ0) is 58.6. The lowest BCUT2D eigenvalue weighted by molar-refractivity contribution is -0.144. The lowest BCUT2D eigenvalue weighted by Crippen LogP contribution is -2.62. The summed E-state index contributed by atoms with van der Waals surface area (Å²) in [5.74, 6) is -18.5.